The molecule has 0 atom stereocenters. The van der Waals surface area contributed by atoms with Gasteiger partial charge in [0.15, 0.2) is 11.6 Å². The van der Waals surface area contributed by atoms with E-state index < -0.39 is 18.2 Å². The third kappa shape index (κ3) is 3.11. The predicted molar refractivity (Wildman–Crippen MR) is 71.3 cm³/mol. The van der Waals surface area contributed by atoms with Gasteiger partial charge >= 0.3 is 6.61 Å². The minimum absolute atomic E-state index is 0.0639. The van der Waals surface area contributed by atoms with Crippen molar-refractivity contribution in [2.45, 2.75) is 6.61 Å². The monoisotopic (exact) mass is 341 g/mol. The van der Waals surface area contributed by atoms with E-state index in [0.717, 1.165) is 12.4 Å². The molecule has 2 rings (SSSR count). The van der Waals surface area contributed by atoms with Crippen LogP contribution in [0.2, 0.25) is 15.1 Å². The van der Waals surface area contributed by atoms with Gasteiger partial charge in [0.05, 0.1) is 16.2 Å². The fourth-order valence-corrected chi connectivity index (χ4v) is 2.63. The number of rotatable bonds is 3. The van der Waals surface area contributed by atoms with Crippen molar-refractivity contribution in [2.75, 3.05) is 0 Å². The first-order valence-electron chi connectivity index (χ1n) is 5.13. The second kappa shape index (κ2) is 6.08. The first kappa shape index (κ1) is 15.2. The maximum Gasteiger partial charge on any atom is 0.387 e. The zero-order valence-corrected chi connectivity index (χ0v) is 11.8. The Hall–Kier alpha value is -1.17. The Kier molecular flexibility index (Phi) is 4.62. The fourth-order valence-electron chi connectivity index (χ4n) is 1.61. The normalized spacial score (nSPS) is 10.9. The smallest absolute Gasteiger partial charge is 0.387 e. The summed E-state index contributed by atoms with van der Waals surface area (Å²) in [4.78, 5) is 3.58. The van der Waals surface area contributed by atoms with Crippen LogP contribution in [0.15, 0.2) is 24.5 Å². The number of pyridine rings is 1. The van der Waals surface area contributed by atoms with E-state index in [1.54, 1.807) is 0 Å². The molecule has 0 amide bonds. The number of benzene rings is 1. The van der Waals surface area contributed by atoms with Crippen LogP contribution in [-0.2, 0) is 0 Å². The number of hydrogen-bond donors (Lipinski definition) is 0. The Balaban J connectivity index is 2.67. The lowest BCUT2D eigenvalue weighted by Gasteiger charge is -2.13. The molecule has 0 unspecified atom stereocenters. The van der Waals surface area contributed by atoms with Crippen molar-refractivity contribution in [3.8, 4) is 16.9 Å². The van der Waals surface area contributed by atoms with Crippen molar-refractivity contribution >= 4 is 34.8 Å². The largest absolute Gasteiger partial charge is 0.431 e. The Labute approximate surface area is 127 Å². The van der Waals surface area contributed by atoms with Crippen LogP contribution in [0.25, 0.3) is 11.1 Å². The average molecular weight is 343 g/mol. The molecule has 2 nitrogen and oxygen atoms in total. The SMILES string of the molecule is Fc1cncc(-c2c(Cl)cc(Cl)cc2Cl)c1OC(F)F. The second-order valence-electron chi connectivity index (χ2n) is 3.62. The summed E-state index contributed by atoms with van der Waals surface area (Å²) in [7, 11) is 0. The van der Waals surface area contributed by atoms with Gasteiger partial charge in [-0.2, -0.15) is 8.78 Å². The van der Waals surface area contributed by atoms with Crippen LogP contribution < -0.4 is 4.74 Å². The summed E-state index contributed by atoms with van der Waals surface area (Å²) in [5.74, 6) is -1.73. The molecule has 0 saturated heterocycles. The van der Waals surface area contributed by atoms with E-state index in [9.17, 15) is 13.2 Å². The molecule has 1 aromatic carbocycles. The van der Waals surface area contributed by atoms with Gasteiger partial charge in [0.25, 0.3) is 0 Å². The third-order valence-electron chi connectivity index (χ3n) is 2.34. The van der Waals surface area contributed by atoms with Crippen molar-refractivity contribution in [1.29, 1.82) is 0 Å². The molecule has 0 bridgehead atoms. The Morgan fingerprint density at radius 3 is 2.20 bits per heavy atom. The van der Waals surface area contributed by atoms with Crippen molar-refractivity contribution in [2.24, 2.45) is 0 Å². The van der Waals surface area contributed by atoms with Gasteiger partial charge in [-0.25, -0.2) is 4.39 Å². The number of alkyl halides is 2. The standard InChI is InChI=1S/C12H5Cl3F3NO/c13-5-1-7(14)10(8(15)2-5)6-3-19-4-9(16)11(6)20-12(17)18/h1-4,12H. The summed E-state index contributed by atoms with van der Waals surface area (Å²) >= 11 is 17.7. The van der Waals surface area contributed by atoms with E-state index >= 15 is 0 Å². The molecular formula is C12H5Cl3F3NO. The molecule has 0 radical (unpaired) electrons. The molecule has 0 aliphatic heterocycles. The lowest BCUT2D eigenvalue weighted by Crippen LogP contribution is -2.06. The number of ether oxygens (including phenoxy) is 1. The van der Waals surface area contributed by atoms with Gasteiger partial charge in [0, 0.05) is 22.3 Å². The zero-order chi connectivity index (χ0) is 14.9. The van der Waals surface area contributed by atoms with E-state index in [-0.39, 0.29) is 26.2 Å². The summed E-state index contributed by atoms with van der Waals surface area (Å²) in [6.45, 7) is -3.20. The third-order valence-corrected chi connectivity index (χ3v) is 3.15. The lowest BCUT2D eigenvalue weighted by molar-refractivity contribution is -0.0518. The Bertz CT molecular complexity index is 629. The van der Waals surface area contributed by atoms with Crippen LogP contribution in [0.4, 0.5) is 13.2 Å². The molecule has 106 valence electrons. The molecule has 20 heavy (non-hydrogen) atoms. The van der Waals surface area contributed by atoms with Crippen molar-refractivity contribution in [1.82, 2.24) is 4.98 Å². The van der Waals surface area contributed by atoms with Crippen LogP contribution in [0.5, 0.6) is 5.75 Å². The molecule has 1 heterocycles. The highest BCUT2D eigenvalue weighted by Crippen LogP contribution is 2.42. The number of nitrogens with zero attached hydrogens (tertiary/aromatic N) is 1. The van der Waals surface area contributed by atoms with Gasteiger partial charge < -0.3 is 4.74 Å². The van der Waals surface area contributed by atoms with E-state index in [2.05, 4.69) is 9.72 Å². The second-order valence-corrected chi connectivity index (χ2v) is 4.87. The molecule has 2 aromatic rings. The minimum Gasteiger partial charge on any atom is -0.431 e. The summed E-state index contributed by atoms with van der Waals surface area (Å²) in [6, 6.07) is 2.70. The Morgan fingerprint density at radius 2 is 1.65 bits per heavy atom. The molecule has 0 fully saturated rings. The zero-order valence-electron chi connectivity index (χ0n) is 9.51. The van der Waals surface area contributed by atoms with Crippen LogP contribution in [0.1, 0.15) is 0 Å². The molecule has 8 heteroatoms. The molecule has 0 N–H and O–H groups in total. The Morgan fingerprint density at radius 1 is 1.05 bits per heavy atom. The fraction of sp³-hybridized carbons (Fsp3) is 0.0833. The van der Waals surface area contributed by atoms with Crippen LogP contribution in [0.3, 0.4) is 0 Å². The topological polar surface area (TPSA) is 22.1 Å². The van der Waals surface area contributed by atoms with Gasteiger partial charge in [0.2, 0.25) is 0 Å². The van der Waals surface area contributed by atoms with Gasteiger partial charge in [-0.05, 0) is 12.1 Å². The number of halogens is 6. The predicted octanol–water partition coefficient (Wildman–Crippen LogP) is 5.45. The van der Waals surface area contributed by atoms with E-state index in [4.69, 9.17) is 34.8 Å². The van der Waals surface area contributed by atoms with Crippen molar-refractivity contribution in [3.05, 3.63) is 45.4 Å². The van der Waals surface area contributed by atoms with Gasteiger partial charge in [-0.1, -0.05) is 34.8 Å². The number of aromatic nitrogens is 1. The first-order chi connectivity index (χ1) is 9.40. The van der Waals surface area contributed by atoms with E-state index in [0.29, 0.717) is 0 Å². The molecule has 0 aliphatic carbocycles. The quantitative estimate of drug-likeness (QED) is 0.740. The summed E-state index contributed by atoms with van der Waals surface area (Å²) in [5, 5.41) is 0.382. The van der Waals surface area contributed by atoms with E-state index in [1.165, 1.54) is 12.1 Å². The minimum atomic E-state index is -3.20. The van der Waals surface area contributed by atoms with Crippen molar-refractivity contribution < 1.29 is 17.9 Å². The highest BCUT2D eigenvalue weighted by molar-refractivity contribution is 6.41. The summed E-state index contributed by atoms with van der Waals surface area (Å²) in [6.07, 6.45) is 1.88. The molecule has 1 aromatic heterocycles. The highest BCUT2D eigenvalue weighted by atomic mass is 35.5. The molecule has 0 saturated carbocycles. The van der Waals surface area contributed by atoms with Crippen molar-refractivity contribution in [3.63, 3.8) is 0 Å². The van der Waals surface area contributed by atoms with Crippen LogP contribution in [0, 0.1) is 5.82 Å². The maximum absolute atomic E-state index is 13.6. The van der Waals surface area contributed by atoms with Gasteiger partial charge in [0.1, 0.15) is 0 Å². The van der Waals surface area contributed by atoms with Gasteiger partial charge in [-0.3, -0.25) is 4.98 Å². The lowest BCUT2D eigenvalue weighted by atomic mass is 10.1. The molecule has 0 aliphatic rings. The van der Waals surface area contributed by atoms with Gasteiger partial charge in [-0.15, -0.1) is 0 Å². The first-order valence-corrected chi connectivity index (χ1v) is 6.26. The van der Waals surface area contributed by atoms with Crippen LogP contribution >= 0.6 is 34.8 Å². The van der Waals surface area contributed by atoms with E-state index in [1.807, 2.05) is 0 Å². The molecular weight excluding hydrogens is 337 g/mol. The number of hydrogen-bond acceptors (Lipinski definition) is 2. The average Bonchev–Trinajstić information content (AvgIpc) is 2.31. The highest BCUT2D eigenvalue weighted by Gasteiger charge is 2.20. The maximum atomic E-state index is 13.6. The summed E-state index contributed by atoms with van der Waals surface area (Å²) in [5.41, 5.74) is 0.0253. The molecule has 0 spiro atoms. The summed E-state index contributed by atoms with van der Waals surface area (Å²) < 4.78 is 42.5. The van der Waals surface area contributed by atoms with Crippen LogP contribution in [-0.4, -0.2) is 11.6 Å².